The number of aryl methyl sites for hydroxylation is 1. The molecule has 7 heteroatoms. The molecule has 0 spiro atoms. The van der Waals surface area contributed by atoms with Gasteiger partial charge in [-0.05, 0) is 6.42 Å². The lowest BCUT2D eigenvalue weighted by atomic mass is 10.2. The number of ether oxygens (including phenoxy) is 1. The van der Waals surface area contributed by atoms with Crippen LogP contribution in [0.1, 0.15) is 25.1 Å². The van der Waals surface area contributed by atoms with Gasteiger partial charge in [-0.2, -0.15) is 18.3 Å². The van der Waals surface area contributed by atoms with Crippen molar-refractivity contribution in [2.24, 2.45) is 0 Å². The number of halogens is 3. The van der Waals surface area contributed by atoms with Crippen molar-refractivity contribution in [2.45, 2.75) is 32.2 Å². The average molecular weight is 238 g/mol. The van der Waals surface area contributed by atoms with E-state index in [1.807, 2.05) is 0 Å². The third-order valence-corrected chi connectivity index (χ3v) is 2.07. The largest absolute Gasteiger partial charge is 0.493 e. The molecule has 0 saturated heterocycles. The molecule has 16 heavy (non-hydrogen) atoms. The van der Waals surface area contributed by atoms with Crippen molar-refractivity contribution < 1.29 is 23.0 Å². The van der Waals surface area contributed by atoms with Gasteiger partial charge in [-0.3, -0.25) is 4.68 Å². The van der Waals surface area contributed by atoms with Crippen LogP contribution in [0.15, 0.2) is 6.20 Å². The molecule has 92 valence electrons. The van der Waals surface area contributed by atoms with Gasteiger partial charge in [-0.15, -0.1) is 0 Å². The molecule has 4 nitrogen and oxygen atoms in total. The molecule has 0 fully saturated rings. The van der Waals surface area contributed by atoms with E-state index in [9.17, 15) is 18.3 Å². The minimum Gasteiger partial charge on any atom is -0.493 e. The summed E-state index contributed by atoms with van der Waals surface area (Å²) in [6, 6.07) is 0. The molecule has 0 amide bonds. The highest BCUT2D eigenvalue weighted by Gasteiger charge is 2.43. The van der Waals surface area contributed by atoms with Crippen LogP contribution in [0, 0.1) is 0 Å². The number of hydrogen-bond donors (Lipinski definition) is 1. The van der Waals surface area contributed by atoms with Gasteiger partial charge < -0.3 is 9.84 Å². The number of rotatable bonds is 4. The standard InChI is InChI=1S/C9H13F3N2O2/c1-3-4-14-7(6(16-2)5-13-14)8(15)9(10,11)12/h5,8,15H,3-4H2,1-2H3/t8-/m1/s1. The zero-order valence-corrected chi connectivity index (χ0v) is 8.95. The molecule has 0 radical (unpaired) electrons. The number of hydrogen-bond acceptors (Lipinski definition) is 3. The fourth-order valence-electron chi connectivity index (χ4n) is 1.36. The van der Waals surface area contributed by atoms with Gasteiger partial charge in [0.15, 0.2) is 11.9 Å². The highest BCUT2D eigenvalue weighted by molar-refractivity contribution is 5.28. The maximum atomic E-state index is 12.4. The van der Waals surface area contributed by atoms with Crippen molar-refractivity contribution in [3.63, 3.8) is 0 Å². The van der Waals surface area contributed by atoms with Crippen LogP contribution in [0.25, 0.3) is 0 Å². The second-order valence-electron chi connectivity index (χ2n) is 3.27. The van der Waals surface area contributed by atoms with Crippen LogP contribution < -0.4 is 4.74 Å². The van der Waals surface area contributed by atoms with Crippen LogP contribution in [0.2, 0.25) is 0 Å². The van der Waals surface area contributed by atoms with E-state index in [2.05, 4.69) is 5.10 Å². The fourth-order valence-corrected chi connectivity index (χ4v) is 1.36. The summed E-state index contributed by atoms with van der Waals surface area (Å²) < 4.78 is 43.1. The predicted molar refractivity (Wildman–Crippen MR) is 50.1 cm³/mol. The molecule has 1 aromatic heterocycles. The number of alkyl halides is 3. The predicted octanol–water partition coefficient (Wildman–Crippen LogP) is 1.90. The first kappa shape index (κ1) is 12.8. The summed E-state index contributed by atoms with van der Waals surface area (Å²) in [5.74, 6) is -0.0572. The first-order valence-electron chi connectivity index (χ1n) is 4.76. The van der Waals surface area contributed by atoms with Gasteiger partial charge >= 0.3 is 6.18 Å². The molecule has 0 aliphatic rings. The Kier molecular flexibility index (Phi) is 3.79. The summed E-state index contributed by atoms with van der Waals surface area (Å²) in [6.45, 7) is 2.10. The number of aromatic nitrogens is 2. The quantitative estimate of drug-likeness (QED) is 0.871. The van der Waals surface area contributed by atoms with Crippen molar-refractivity contribution >= 4 is 0 Å². The Morgan fingerprint density at radius 2 is 2.19 bits per heavy atom. The average Bonchev–Trinajstić information content (AvgIpc) is 2.58. The Morgan fingerprint density at radius 1 is 1.56 bits per heavy atom. The summed E-state index contributed by atoms with van der Waals surface area (Å²) in [6.07, 6.45) is -5.52. The topological polar surface area (TPSA) is 47.3 Å². The number of aliphatic hydroxyl groups excluding tert-OH is 1. The molecule has 1 aromatic rings. The van der Waals surface area contributed by atoms with E-state index in [0.717, 1.165) is 4.68 Å². The summed E-state index contributed by atoms with van der Waals surface area (Å²) in [7, 11) is 1.24. The highest BCUT2D eigenvalue weighted by Crippen LogP contribution is 2.36. The van der Waals surface area contributed by atoms with Crippen LogP contribution >= 0.6 is 0 Å². The summed E-state index contributed by atoms with van der Waals surface area (Å²) in [5.41, 5.74) is -0.350. The number of nitrogens with zero attached hydrogens (tertiary/aromatic N) is 2. The van der Waals surface area contributed by atoms with Gasteiger partial charge in [-0.25, -0.2) is 0 Å². The maximum Gasteiger partial charge on any atom is 0.420 e. The Hall–Kier alpha value is -1.24. The van der Waals surface area contributed by atoms with Crippen LogP contribution in [-0.2, 0) is 6.54 Å². The molecule has 0 aliphatic carbocycles. The fraction of sp³-hybridized carbons (Fsp3) is 0.667. The number of methoxy groups -OCH3 is 1. The van der Waals surface area contributed by atoms with Crippen molar-refractivity contribution in [2.75, 3.05) is 7.11 Å². The summed E-state index contributed by atoms with van der Waals surface area (Å²) in [5, 5.41) is 12.9. The molecule has 0 saturated carbocycles. The molecule has 1 rings (SSSR count). The van der Waals surface area contributed by atoms with E-state index in [1.165, 1.54) is 13.3 Å². The van der Waals surface area contributed by atoms with Crippen LogP contribution in [0.5, 0.6) is 5.75 Å². The smallest absolute Gasteiger partial charge is 0.420 e. The second-order valence-corrected chi connectivity index (χ2v) is 3.27. The molecular weight excluding hydrogens is 225 g/mol. The van der Waals surface area contributed by atoms with E-state index in [-0.39, 0.29) is 11.4 Å². The Balaban J connectivity index is 3.12. The molecule has 1 atom stereocenters. The summed E-state index contributed by atoms with van der Waals surface area (Å²) >= 11 is 0. The van der Waals surface area contributed by atoms with E-state index in [4.69, 9.17) is 4.74 Å². The summed E-state index contributed by atoms with van der Waals surface area (Å²) in [4.78, 5) is 0. The maximum absolute atomic E-state index is 12.4. The minimum absolute atomic E-state index is 0.0572. The lowest BCUT2D eigenvalue weighted by molar-refractivity contribution is -0.209. The molecule has 0 aromatic carbocycles. The van der Waals surface area contributed by atoms with E-state index in [0.29, 0.717) is 13.0 Å². The van der Waals surface area contributed by atoms with Crippen LogP contribution in [-0.4, -0.2) is 28.2 Å². The van der Waals surface area contributed by atoms with E-state index < -0.39 is 12.3 Å². The van der Waals surface area contributed by atoms with Crippen molar-refractivity contribution in [1.82, 2.24) is 9.78 Å². The van der Waals surface area contributed by atoms with Gasteiger partial charge in [0.25, 0.3) is 0 Å². The SMILES string of the molecule is CCCn1ncc(OC)c1[C@@H](O)C(F)(F)F. The lowest BCUT2D eigenvalue weighted by Gasteiger charge is -2.17. The first-order valence-corrected chi connectivity index (χ1v) is 4.76. The van der Waals surface area contributed by atoms with Crippen LogP contribution in [0.3, 0.4) is 0 Å². The molecule has 0 unspecified atom stereocenters. The second kappa shape index (κ2) is 4.73. The van der Waals surface area contributed by atoms with Crippen molar-refractivity contribution in [1.29, 1.82) is 0 Å². The molecule has 1 N–H and O–H groups in total. The highest BCUT2D eigenvalue weighted by atomic mass is 19.4. The van der Waals surface area contributed by atoms with Crippen molar-refractivity contribution in [3.8, 4) is 5.75 Å². The molecule has 0 bridgehead atoms. The van der Waals surface area contributed by atoms with E-state index in [1.54, 1.807) is 6.92 Å². The normalized spacial score (nSPS) is 13.9. The van der Waals surface area contributed by atoms with Gasteiger partial charge in [-0.1, -0.05) is 6.92 Å². The Morgan fingerprint density at radius 3 is 2.62 bits per heavy atom. The van der Waals surface area contributed by atoms with Gasteiger partial charge in [0.05, 0.1) is 13.3 Å². The third-order valence-electron chi connectivity index (χ3n) is 2.07. The van der Waals surface area contributed by atoms with Crippen molar-refractivity contribution in [3.05, 3.63) is 11.9 Å². The first-order chi connectivity index (χ1) is 7.41. The zero-order chi connectivity index (χ0) is 12.3. The lowest BCUT2D eigenvalue weighted by Crippen LogP contribution is -2.24. The monoisotopic (exact) mass is 238 g/mol. The Labute approximate surface area is 90.6 Å². The zero-order valence-electron chi connectivity index (χ0n) is 8.95. The Bertz CT molecular complexity index is 349. The van der Waals surface area contributed by atoms with Gasteiger partial charge in [0.2, 0.25) is 0 Å². The molecule has 0 aliphatic heterocycles. The molecule has 1 heterocycles. The third kappa shape index (κ3) is 2.46. The van der Waals surface area contributed by atoms with Gasteiger partial charge in [0, 0.05) is 6.54 Å². The molecular formula is C9H13F3N2O2. The number of aliphatic hydroxyl groups is 1. The van der Waals surface area contributed by atoms with Crippen LogP contribution in [0.4, 0.5) is 13.2 Å². The minimum atomic E-state index is -4.72. The van der Waals surface area contributed by atoms with E-state index >= 15 is 0 Å². The van der Waals surface area contributed by atoms with Gasteiger partial charge in [0.1, 0.15) is 5.69 Å².